The molecule has 0 saturated heterocycles. The molecule has 1 N–H and O–H groups in total. The van der Waals surface area contributed by atoms with E-state index >= 15 is 0 Å². The third-order valence-electron chi connectivity index (χ3n) is 7.09. The molecule has 2 aromatic rings. The van der Waals surface area contributed by atoms with Crippen LogP contribution in [-0.4, -0.2) is 45.0 Å². The lowest BCUT2D eigenvalue weighted by molar-refractivity contribution is -0.152. The number of thiophene rings is 1. The molecule has 0 radical (unpaired) electrons. The number of carbonyl (C=O) groups excluding carboxylic acids is 3. The van der Waals surface area contributed by atoms with Crippen molar-refractivity contribution >= 4 is 34.7 Å². The van der Waals surface area contributed by atoms with Crippen molar-refractivity contribution in [3.8, 4) is 0 Å². The van der Waals surface area contributed by atoms with Gasteiger partial charge in [0.25, 0.3) is 0 Å². The van der Waals surface area contributed by atoms with Crippen LogP contribution < -0.4 is 10.2 Å². The number of rotatable bonds is 9. The zero-order chi connectivity index (χ0) is 27.4. The highest BCUT2D eigenvalue weighted by Crippen LogP contribution is 2.49. The Morgan fingerprint density at radius 2 is 1.76 bits per heavy atom. The summed E-state index contributed by atoms with van der Waals surface area (Å²) in [7, 11) is 3.92. The number of hydrogen-bond donors (Lipinski definition) is 1. The minimum absolute atomic E-state index is 0.188. The van der Waals surface area contributed by atoms with E-state index in [0.717, 1.165) is 33.9 Å². The predicted octanol–water partition coefficient (Wildman–Crippen LogP) is 5.31. The van der Waals surface area contributed by atoms with Crippen molar-refractivity contribution in [3.05, 3.63) is 74.8 Å². The summed E-state index contributed by atoms with van der Waals surface area (Å²) in [5.41, 5.74) is 4.26. The van der Waals surface area contributed by atoms with Gasteiger partial charge in [-0.05, 0) is 55.8 Å². The largest absolute Gasteiger partial charge is 0.465 e. The van der Waals surface area contributed by atoms with Gasteiger partial charge in [-0.25, -0.2) is 4.79 Å². The van der Waals surface area contributed by atoms with E-state index in [1.807, 2.05) is 60.8 Å². The summed E-state index contributed by atoms with van der Waals surface area (Å²) < 4.78 is 10.9. The van der Waals surface area contributed by atoms with Gasteiger partial charge >= 0.3 is 11.9 Å². The molecule has 3 atom stereocenters. The van der Waals surface area contributed by atoms with E-state index < -0.39 is 23.8 Å². The van der Waals surface area contributed by atoms with E-state index in [0.29, 0.717) is 24.0 Å². The molecule has 0 unspecified atom stereocenters. The fraction of sp³-hybridized carbons (Fsp3) is 0.433. The second-order valence-electron chi connectivity index (χ2n) is 9.72. The molecule has 0 amide bonds. The summed E-state index contributed by atoms with van der Waals surface area (Å²) in [4.78, 5) is 44.0. The maximum absolute atomic E-state index is 14.4. The highest BCUT2D eigenvalue weighted by molar-refractivity contribution is 7.10. The molecule has 1 aliphatic carbocycles. The highest BCUT2D eigenvalue weighted by atomic mass is 32.1. The van der Waals surface area contributed by atoms with Crippen LogP contribution >= 0.6 is 11.3 Å². The van der Waals surface area contributed by atoms with Gasteiger partial charge in [0.2, 0.25) is 0 Å². The fourth-order valence-corrected chi connectivity index (χ4v) is 6.28. The first kappa shape index (κ1) is 27.6. The molecule has 1 aromatic carbocycles. The van der Waals surface area contributed by atoms with Crippen LogP contribution in [0.2, 0.25) is 0 Å². The number of dihydropyridines is 1. The van der Waals surface area contributed by atoms with Gasteiger partial charge in [0.05, 0.1) is 18.8 Å². The van der Waals surface area contributed by atoms with E-state index in [1.54, 1.807) is 13.8 Å². The molecule has 1 aliphatic heterocycles. The Bertz CT molecular complexity index is 1240. The van der Waals surface area contributed by atoms with Crippen LogP contribution in [-0.2, 0) is 23.9 Å². The number of nitrogens with zero attached hydrogens (tertiary/aromatic N) is 1. The van der Waals surface area contributed by atoms with Crippen molar-refractivity contribution in [2.45, 2.75) is 51.9 Å². The SMILES string of the molecule is CCCC1=C(C(=O)OCC)[C@@H](c2ccc(N(C)C)cc2)C2=C(C[C@@H](c3cccs3)[C@H](C(=O)OCC)C2=O)N1. The number of anilines is 1. The lowest BCUT2D eigenvalue weighted by atomic mass is 9.68. The average Bonchev–Trinajstić information content (AvgIpc) is 3.43. The van der Waals surface area contributed by atoms with E-state index in [-0.39, 0.29) is 24.9 Å². The van der Waals surface area contributed by atoms with Gasteiger partial charge in [-0.2, -0.15) is 0 Å². The number of esters is 2. The summed E-state index contributed by atoms with van der Waals surface area (Å²) in [5.74, 6) is -3.22. The number of allylic oxidation sites excluding steroid dienone is 3. The van der Waals surface area contributed by atoms with Crippen molar-refractivity contribution in [1.82, 2.24) is 5.32 Å². The first-order valence-corrected chi connectivity index (χ1v) is 14.1. The molecule has 4 rings (SSSR count). The monoisotopic (exact) mass is 536 g/mol. The number of hydrogen-bond acceptors (Lipinski definition) is 8. The number of benzene rings is 1. The number of ether oxygens (including phenoxy) is 2. The fourth-order valence-electron chi connectivity index (χ4n) is 5.42. The molecular weight excluding hydrogens is 500 g/mol. The lowest BCUT2D eigenvalue weighted by Crippen LogP contribution is -2.43. The molecule has 7 nitrogen and oxygen atoms in total. The molecule has 202 valence electrons. The predicted molar refractivity (Wildman–Crippen MR) is 149 cm³/mol. The van der Waals surface area contributed by atoms with Crippen LogP contribution in [0.25, 0.3) is 0 Å². The topological polar surface area (TPSA) is 84.9 Å². The quantitative estimate of drug-likeness (QED) is 0.343. The molecule has 38 heavy (non-hydrogen) atoms. The number of Topliss-reactive ketones (excluding diaryl/α,β-unsaturated/α-hetero) is 1. The Hall–Kier alpha value is -3.39. The van der Waals surface area contributed by atoms with Gasteiger partial charge in [0, 0.05) is 53.5 Å². The van der Waals surface area contributed by atoms with Crippen molar-refractivity contribution in [2.75, 3.05) is 32.2 Å². The lowest BCUT2D eigenvalue weighted by Gasteiger charge is -2.39. The molecule has 0 fully saturated rings. The minimum Gasteiger partial charge on any atom is -0.465 e. The standard InChI is InChI=1S/C30H36N2O5S/c1-6-10-21-27(30(35)37-8-3)24(18-12-14-19(15-13-18)32(4)5)26-22(31-21)17-20(23-11-9-16-38-23)25(28(26)33)29(34)36-7-2/h9,11-16,20,24-25,31H,6-8,10,17H2,1-5H3/t20-,24-,25-/m0/s1. The van der Waals surface area contributed by atoms with Crippen LogP contribution in [0, 0.1) is 5.92 Å². The zero-order valence-electron chi connectivity index (χ0n) is 22.7. The van der Waals surface area contributed by atoms with Gasteiger partial charge in [0.15, 0.2) is 5.78 Å². The van der Waals surface area contributed by atoms with E-state index in [1.165, 1.54) is 11.3 Å². The molecule has 8 heteroatoms. The number of carbonyl (C=O) groups is 3. The van der Waals surface area contributed by atoms with E-state index in [2.05, 4.69) is 12.2 Å². The Kier molecular flexibility index (Phi) is 8.72. The zero-order valence-corrected chi connectivity index (χ0v) is 23.5. The first-order valence-electron chi connectivity index (χ1n) is 13.2. The van der Waals surface area contributed by atoms with Crippen LogP contribution in [0.3, 0.4) is 0 Å². The summed E-state index contributed by atoms with van der Waals surface area (Å²) in [6.07, 6.45) is 1.92. The molecular formula is C30H36N2O5S. The summed E-state index contributed by atoms with van der Waals surface area (Å²) in [6, 6.07) is 11.8. The second-order valence-corrected chi connectivity index (χ2v) is 10.7. The number of nitrogens with one attached hydrogen (secondary N) is 1. The maximum atomic E-state index is 14.4. The Labute approximate surface area is 228 Å². The normalized spacial score (nSPS) is 21.1. The Balaban J connectivity index is 1.92. The summed E-state index contributed by atoms with van der Waals surface area (Å²) in [6.45, 7) is 5.98. The molecule has 0 saturated carbocycles. The van der Waals surface area contributed by atoms with E-state index in [9.17, 15) is 14.4 Å². The second kappa shape index (κ2) is 12.0. The number of ketones is 1. The molecule has 0 spiro atoms. The van der Waals surface area contributed by atoms with Gasteiger partial charge in [-0.3, -0.25) is 9.59 Å². The van der Waals surface area contributed by atoms with Gasteiger partial charge in [-0.1, -0.05) is 31.5 Å². The van der Waals surface area contributed by atoms with Crippen LogP contribution in [0.15, 0.2) is 64.3 Å². The molecule has 0 bridgehead atoms. The van der Waals surface area contributed by atoms with Crippen LogP contribution in [0.4, 0.5) is 5.69 Å². The smallest absolute Gasteiger partial charge is 0.336 e. The summed E-state index contributed by atoms with van der Waals surface area (Å²) in [5, 5.41) is 5.43. The van der Waals surface area contributed by atoms with Gasteiger partial charge < -0.3 is 19.7 Å². The Morgan fingerprint density at radius 1 is 1.05 bits per heavy atom. The molecule has 1 aromatic heterocycles. The highest BCUT2D eigenvalue weighted by Gasteiger charge is 2.49. The molecule has 2 aliphatic rings. The Morgan fingerprint density at radius 3 is 2.34 bits per heavy atom. The average molecular weight is 537 g/mol. The molecule has 2 heterocycles. The van der Waals surface area contributed by atoms with Crippen LogP contribution in [0.1, 0.15) is 62.3 Å². The third-order valence-corrected chi connectivity index (χ3v) is 8.10. The van der Waals surface area contributed by atoms with Crippen molar-refractivity contribution in [2.24, 2.45) is 5.92 Å². The summed E-state index contributed by atoms with van der Waals surface area (Å²) >= 11 is 1.53. The van der Waals surface area contributed by atoms with Gasteiger partial charge in [0.1, 0.15) is 5.92 Å². The minimum atomic E-state index is -0.978. The van der Waals surface area contributed by atoms with Gasteiger partial charge in [-0.15, -0.1) is 11.3 Å². The van der Waals surface area contributed by atoms with Crippen molar-refractivity contribution in [1.29, 1.82) is 0 Å². The van der Waals surface area contributed by atoms with Crippen LogP contribution in [0.5, 0.6) is 0 Å². The van der Waals surface area contributed by atoms with Crippen molar-refractivity contribution in [3.63, 3.8) is 0 Å². The van der Waals surface area contributed by atoms with E-state index in [4.69, 9.17) is 9.47 Å². The maximum Gasteiger partial charge on any atom is 0.336 e. The first-order chi connectivity index (χ1) is 18.3. The third kappa shape index (κ3) is 5.27. The van der Waals surface area contributed by atoms with Crippen molar-refractivity contribution < 1.29 is 23.9 Å².